The molecule has 0 unspecified atom stereocenters. The van der Waals surface area contributed by atoms with Gasteiger partial charge in [-0.25, -0.2) is 9.59 Å². The predicted octanol–water partition coefficient (Wildman–Crippen LogP) is 1.24. The van der Waals surface area contributed by atoms with E-state index in [4.69, 9.17) is 4.74 Å². The Hall–Kier alpha value is -1.52. The Morgan fingerprint density at radius 1 is 1.33 bits per heavy atom. The average molecular weight is 215 g/mol. The van der Waals surface area contributed by atoms with E-state index in [2.05, 4.69) is 16.6 Å². The van der Waals surface area contributed by atoms with Crippen LogP contribution in [0, 0.1) is 0 Å². The number of carbonyl (C=O) groups excluding carboxylic acids is 2. The highest BCUT2D eigenvalue weighted by molar-refractivity contribution is 5.81. The molecule has 0 aromatic heterocycles. The molecular weight excluding hydrogens is 198 g/mol. The molecule has 0 aliphatic rings. The largest absolute Gasteiger partial charge is 0.461 e. The number of hydrogen-bond acceptors (Lipinski definition) is 4. The van der Waals surface area contributed by atoms with Gasteiger partial charge in [0.1, 0.15) is 6.61 Å². The van der Waals surface area contributed by atoms with Crippen LogP contribution in [0.25, 0.3) is 0 Å². The number of amides is 1. The quantitative estimate of drug-likeness (QED) is 0.394. The Balaban J connectivity index is 3.31. The summed E-state index contributed by atoms with van der Waals surface area (Å²) >= 11 is 0. The molecular formula is C10H17NO4. The fourth-order valence-corrected chi connectivity index (χ4v) is 0.724. The molecule has 0 rings (SSSR count). The number of rotatable bonds is 7. The van der Waals surface area contributed by atoms with Crippen molar-refractivity contribution in [2.45, 2.75) is 19.8 Å². The molecule has 15 heavy (non-hydrogen) atoms. The smallest absolute Gasteiger partial charge is 0.407 e. The van der Waals surface area contributed by atoms with Gasteiger partial charge in [-0.3, -0.25) is 0 Å². The van der Waals surface area contributed by atoms with Crippen LogP contribution in [0.3, 0.4) is 0 Å². The van der Waals surface area contributed by atoms with Crippen LogP contribution in [0.2, 0.25) is 0 Å². The van der Waals surface area contributed by atoms with Gasteiger partial charge in [-0.05, 0) is 6.42 Å². The monoisotopic (exact) mass is 215 g/mol. The summed E-state index contributed by atoms with van der Waals surface area (Å²) < 4.78 is 9.45. The minimum Gasteiger partial charge on any atom is -0.461 e. The van der Waals surface area contributed by atoms with Gasteiger partial charge < -0.3 is 14.8 Å². The molecule has 0 aromatic carbocycles. The van der Waals surface area contributed by atoms with Crippen molar-refractivity contribution in [3.8, 4) is 0 Å². The van der Waals surface area contributed by atoms with Gasteiger partial charge in [-0.2, -0.15) is 0 Å². The third kappa shape index (κ3) is 8.80. The first kappa shape index (κ1) is 13.5. The van der Waals surface area contributed by atoms with Crippen LogP contribution in [-0.4, -0.2) is 31.8 Å². The summed E-state index contributed by atoms with van der Waals surface area (Å²) in [4.78, 5) is 21.5. The van der Waals surface area contributed by atoms with Gasteiger partial charge in [0.15, 0.2) is 0 Å². The average Bonchev–Trinajstić information content (AvgIpc) is 2.24. The highest BCUT2D eigenvalue weighted by atomic mass is 16.6. The normalized spacial score (nSPS) is 9.13. The molecule has 0 radical (unpaired) electrons. The van der Waals surface area contributed by atoms with Crippen molar-refractivity contribution in [3.63, 3.8) is 0 Å². The Morgan fingerprint density at radius 3 is 2.67 bits per heavy atom. The fourth-order valence-electron chi connectivity index (χ4n) is 0.724. The third-order valence-corrected chi connectivity index (χ3v) is 1.51. The van der Waals surface area contributed by atoms with E-state index >= 15 is 0 Å². The number of esters is 1. The van der Waals surface area contributed by atoms with Crippen molar-refractivity contribution in [2.24, 2.45) is 0 Å². The third-order valence-electron chi connectivity index (χ3n) is 1.51. The van der Waals surface area contributed by atoms with Crippen molar-refractivity contribution < 1.29 is 19.1 Å². The lowest BCUT2D eigenvalue weighted by atomic mass is 10.4. The molecule has 1 amide bonds. The van der Waals surface area contributed by atoms with Crippen molar-refractivity contribution in [1.82, 2.24) is 5.32 Å². The zero-order valence-corrected chi connectivity index (χ0v) is 8.95. The Labute approximate surface area is 89.4 Å². The SMILES string of the molecule is C=CC(=O)OCCNC(=O)OCCCC. The summed E-state index contributed by atoms with van der Waals surface area (Å²) in [6, 6.07) is 0. The lowest BCUT2D eigenvalue weighted by Gasteiger charge is -2.06. The van der Waals surface area contributed by atoms with E-state index < -0.39 is 12.1 Å². The van der Waals surface area contributed by atoms with Crippen LogP contribution in [0.1, 0.15) is 19.8 Å². The molecule has 0 aliphatic carbocycles. The maximum atomic E-state index is 10.9. The highest BCUT2D eigenvalue weighted by Gasteiger charge is 2.00. The second-order valence-electron chi connectivity index (χ2n) is 2.79. The van der Waals surface area contributed by atoms with Gasteiger partial charge in [0.05, 0.1) is 13.2 Å². The van der Waals surface area contributed by atoms with Crippen LogP contribution in [0.4, 0.5) is 4.79 Å². The van der Waals surface area contributed by atoms with E-state index in [1.165, 1.54) is 0 Å². The van der Waals surface area contributed by atoms with Crippen LogP contribution in [-0.2, 0) is 14.3 Å². The summed E-state index contributed by atoms with van der Waals surface area (Å²) in [5, 5.41) is 2.45. The van der Waals surface area contributed by atoms with Crippen LogP contribution < -0.4 is 5.32 Å². The summed E-state index contributed by atoms with van der Waals surface area (Å²) in [6.07, 6.45) is 2.40. The van der Waals surface area contributed by atoms with Crippen molar-refractivity contribution >= 4 is 12.1 Å². The number of alkyl carbamates (subject to hydrolysis) is 1. The number of ether oxygens (including phenoxy) is 2. The molecule has 5 heteroatoms. The van der Waals surface area contributed by atoms with E-state index in [0.717, 1.165) is 18.9 Å². The topological polar surface area (TPSA) is 64.6 Å². The van der Waals surface area contributed by atoms with Crippen LogP contribution in [0.15, 0.2) is 12.7 Å². The van der Waals surface area contributed by atoms with Crippen LogP contribution >= 0.6 is 0 Å². The van der Waals surface area contributed by atoms with Gasteiger partial charge >= 0.3 is 12.1 Å². The van der Waals surface area contributed by atoms with Crippen molar-refractivity contribution in [3.05, 3.63) is 12.7 Å². The maximum absolute atomic E-state index is 10.9. The summed E-state index contributed by atoms with van der Waals surface area (Å²) in [7, 11) is 0. The van der Waals surface area contributed by atoms with Crippen molar-refractivity contribution in [2.75, 3.05) is 19.8 Å². The molecule has 0 spiro atoms. The molecule has 1 N–H and O–H groups in total. The minimum absolute atomic E-state index is 0.119. The zero-order valence-electron chi connectivity index (χ0n) is 8.95. The van der Waals surface area contributed by atoms with Gasteiger partial charge in [0.25, 0.3) is 0 Å². The first-order chi connectivity index (χ1) is 7.20. The molecule has 0 heterocycles. The summed E-state index contributed by atoms with van der Waals surface area (Å²) in [6.45, 7) is 6.02. The zero-order chi connectivity index (χ0) is 11.5. The number of nitrogens with one attached hydrogen (secondary N) is 1. The van der Waals surface area contributed by atoms with Gasteiger partial charge in [-0.1, -0.05) is 19.9 Å². The molecule has 0 saturated carbocycles. The van der Waals surface area contributed by atoms with E-state index in [0.29, 0.717) is 6.61 Å². The van der Waals surface area contributed by atoms with E-state index in [1.807, 2.05) is 6.92 Å². The first-order valence-corrected chi connectivity index (χ1v) is 4.90. The molecule has 0 atom stereocenters. The Morgan fingerprint density at radius 2 is 2.07 bits per heavy atom. The van der Waals surface area contributed by atoms with Crippen molar-refractivity contribution in [1.29, 1.82) is 0 Å². The predicted molar refractivity (Wildman–Crippen MR) is 55.4 cm³/mol. The standard InChI is InChI=1S/C10H17NO4/c1-3-5-7-15-10(13)11-6-8-14-9(12)4-2/h4H,2-3,5-8H2,1H3,(H,11,13). The Kier molecular flexibility index (Phi) is 8.13. The lowest BCUT2D eigenvalue weighted by molar-refractivity contribution is -0.137. The number of unbranched alkanes of at least 4 members (excludes halogenated alkanes) is 1. The molecule has 0 saturated heterocycles. The van der Waals surface area contributed by atoms with Crippen LogP contribution in [0.5, 0.6) is 0 Å². The molecule has 0 aliphatic heterocycles. The lowest BCUT2D eigenvalue weighted by Crippen LogP contribution is -2.28. The van der Waals surface area contributed by atoms with Gasteiger partial charge in [0, 0.05) is 6.08 Å². The number of hydrogen-bond donors (Lipinski definition) is 1. The molecule has 0 aromatic rings. The Bertz CT molecular complexity index is 215. The molecule has 5 nitrogen and oxygen atoms in total. The number of carbonyl (C=O) groups is 2. The van der Waals surface area contributed by atoms with Gasteiger partial charge in [-0.15, -0.1) is 0 Å². The molecule has 0 fully saturated rings. The van der Waals surface area contributed by atoms with E-state index in [9.17, 15) is 9.59 Å². The van der Waals surface area contributed by atoms with E-state index in [1.54, 1.807) is 0 Å². The fraction of sp³-hybridized carbons (Fsp3) is 0.600. The second-order valence-corrected chi connectivity index (χ2v) is 2.79. The molecule has 0 bridgehead atoms. The molecule has 86 valence electrons. The highest BCUT2D eigenvalue weighted by Crippen LogP contribution is 1.88. The minimum atomic E-state index is -0.504. The summed E-state index contributed by atoms with van der Waals surface area (Å²) in [5.41, 5.74) is 0. The van der Waals surface area contributed by atoms with Gasteiger partial charge in [0.2, 0.25) is 0 Å². The second kappa shape index (κ2) is 9.05. The first-order valence-electron chi connectivity index (χ1n) is 4.90. The summed E-state index contributed by atoms with van der Waals surface area (Å²) in [5.74, 6) is -0.504. The van der Waals surface area contributed by atoms with E-state index in [-0.39, 0.29) is 13.2 Å². The maximum Gasteiger partial charge on any atom is 0.407 e.